The Balaban J connectivity index is 2.14. The van der Waals surface area contributed by atoms with Crippen LogP contribution in [0.3, 0.4) is 0 Å². The second-order valence-corrected chi connectivity index (χ2v) is 7.10. The Morgan fingerprint density at radius 3 is 2.88 bits per heavy atom. The van der Waals surface area contributed by atoms with Crippen molar-refractivity contribution in [3.8, 4) is 0 Å². The minimum absolute atomic E-state index is 0.202. The lowest BCUT2D eigenvalue weighted by Gasteiger charge is -2.02. The van der Waals surface area contributed by atoms with Crippen molar-refractivity contribution < 1.29 is 8.42 Å². The summed E-state index contributed by atoms with van der Waals surface area (Å²) in [7, 11) is -3.50. The number of nitrogens with one attached hydrogen (secondary N) is 2. The molecule has 2 rings (SSSR count). The Hall–Kier alpha value is -0.890. The molecule has 0 fully saturated rings. The average molecular weight is 292 g/mol. The summed E-state index contributed by atoms with van der Waals surface area (Å²) in [6.45, 7) is 1.97. The van der Waals surface area contributed by atoms with Crippen LogP contribution in [0, 0.1) is 6.92 Å². The molecule has 0 saturated carbocycles. The molecule has 0 spiro atoms. The van der Waals surface area contributed by atoms with Crippen LogP contribution in [-0.4, -0.2) is 18.6 Å². The van der Waals surface area contributed by atoms with Crippen molar-refractivity contribution >= 4 is 33.0 Å². The summed E-state index contributed by atoms with van der Waals surface area (Å²) < 4.78 is 27.0. The molecule has 2 N–H and O–H groups in total. The van der Waals surface area contributed by atoms with Crippen molar-refractivity contribution in [3.63, 3.8) is 0 Å². The molecule has 0 aliphatic rings. The van der Waals surface area contributed by atoms with Gasteiger partial charge in [0.15, 0.2) is 0 Å². The van der Waals surface area contributed by atoms with Gasteiger partial charge < -0.3 is 0 Å². The second-order valence-electron chi connectivity index (χ2n) is 3.45. The third-order valence-corrected chi connectivity index (χ3v) is 5.55. The molecule has 0 saturated heterocycles. The van der Waals surface area contributed by atoms with E-state index >= 15 is 0 Å². The van der Waals surface area contributed by atoms with Gasteiger partial charge in [0.1, 0.15) is 4.21 Å². The standard InChI is InChI=1S/C9H10ClN3O2S2/c1-6-2-8(16-9(6)10)17(14,15)13-5-7-3-11-12-4-7/h2-4,13H,5H2,1H3,(H,11,12). The first kappa shape index (κ1) is 12.6. The maximum Gasteiger partial charge on any atom is 0.250 e. The number of hydrogen-bond donors (Lipinski definition) is 2. The minimum Gasteiger partial charge on any atom is -0.285 e. The van der Waals surface area contributed by atoms with Crippen LogP contribution in [0.5, 0.6) is 0 Å². The van der Waals surface area contributed by atoms with Gasteiger partial charge in [-0.15, -0.1) is 11.3 Å². The highest BCUT2D eigenvalue weighted by Crippen LogP contribution is 2.29. The molecule has 92 valence electrons. The summed E-state index contributed by atoms with van der Waals surface area (Å²) in [6, 6.07) is 1.56. The van der Waals surface area contributed by atoms with Crippen molar-refractivity contribution in [2.45, 2.75) is 17.7 Å². The highest BCUT2D eigenvalue weighted by Gasteiger charge is 2.18. The van der Waals surface area contributed by atoms with Gasteiger partial charge in [-0.25, -0.2) is 13.1 Å². The Bertz CT molecular complexity index is 585. The van der Waals surface area contributed by atoms with E-state index in [1.54, 1.807) is 25.4 Å². The molecule has 0 unspecified atom stereocenters. The molecule has 0 aliphatic carbocycles. The Morgan fingerprint density at radius 1 is 1.59 bits per heavy atom. The van der Waals surface area contributed by atoms with E-state index in [4.69, 9.17) is 11.6 Å². The molecule has 0 aliphatic heterocycles. The largest absolute Gasteiger partial charge is 0.285 e. The Labute approximate surface area is 108 Å². The fourth-order valence-corrected chi connectivity index (χ4v) is 3.96. The van der Waals surface area contributed by atoms with Crippen molar-refractivity contribution in [2.24, 2.45) is 0 Å². The van der Waals surface area contributed by atoms with Crippen LogP contribution >= 0.6 is 22.9 Å². The molecule has 8 heteroatoms. The molecule has 5 nitrogen and oxygen atoms in total. The van der Waals surface area contributed by atoms with E-state index < -0.39 is 10.0 Å². The van der Waals surface area contributed by atoms with E-state index in [9.17, 15) is 8.42 Å². The van der Waals surface area contributed by atoms with Gasteiger partial charge in [0.2, 0.25) is 10.0 Å². The number of sulfonamides is 1. The molecular formula is C9H10ClN3O2S2. The molecule has 0 radical (unpaired) electrons. The van der Waals surface area contributed by atoms with Crippen molar-refractivity contribution in [3.05, 3.63) is 33.9 Å². The first-order valence-electron chi connectivity index (χ1n) is 4.72. The molecule has 0 aromatic carbocycles. The lowest BCUT2D eigenvalue weighted by Crippen LogP contribution is -2.22. The SMILES string of the molecule is Cc1cc(S(=O)(=O)NCc2cn[nH]c2)sc1Cl. The van der Waals surface area contributed by atoms with Crippen LogP contribution in [0.1, 0.15) is 11.1 Å². The summed E-state index contributed by atoms with van der Waals surface area (Å²) >= 11 is 6.90. The quantitative estimate of drug-likeness (QED) is 0.903. The lowest BCUT2D eigenvalue weighted by atomic mass is 10.4. The van der Waals surface area contributed by atoms with Crippen LogP contribution < -0.4 is 4.72 Å². The van der Waals surface area contributed by atoms with E-state index in [-0.39, 0.29) is 10.8 Å². The van der Waals surface area contributed by atoms with Crippen LogP contribution in [-0.2, 0) is 16.6 Å². The molecule has 0 atom stereocenters. The van der Waals surface area contributed by atoms with Crippen LogP contribution in [0.15, 0.2) is 22.7 Å². The Kier molecular flexibility index (Phi) is 3.53. The minimum atomic E-state index is -3.50. The van der Waals surface area contributed by atoms with Gasteiger partial charge in [-0.2, -0.15) is 5.10 Å². The number of H-pyrrole nitrogens is 1. The first-order valence-corrected chi connectivity index (χ1v) is 7.40. The van der Waals surface area contributed by atoms with E-state index in [0.717, 1.165) is 22.5 Å². The fourth-order valence-electron chi connectivity index (χ4n) is 1.19. The number of halogens is 1. The van der Waals surface area contributed by atoms with Crippen LogP contribution in [0.25, 0.3) is 0 Å². The smallest absolute Gasteiger partial charge is 0.250 e. The topological polar surface area (TPSA) is 74.8 Å². The average Bonchev–Trinajstić information content (AvgIpc) is 2.87. The zero-order chi connectivity index (χ0) is 12.5. The normalized spacial score (nSPS) is 11.9. The molecule has 2 heterocycles. The van der Waals surface area contributed by atoms with Gasteiger partial charge >= 0.3 is 0 Å². The van der Waals surface area contributed by atoms with Gasteiger partial charge in [-0.3, -0.25) is 5.10 Å². The lowest BCUT2D eigenvalue weighted by molar-refractivity contribution is 0.583. The van der Waals surface area contributed by atoms with Crippen molar-refractivity contribution in [1.29, 1.82) is 0 Å². The zero-order valence-electron chi connectivity index (χ0n) is 8.90. The van der Waals surface area contributed by atoms with E-state index in [1.807, 2.05) is 0 Å². The predicted molar refractivity (Wildman–Crippen MR) is 66.7 cm³/mol. The number of aromatic amines is 1. The number of nitrogens with zero attached hydrogens (tertiary/aromatic N) is 1. The van der Waals surface area contributed by atoms with Gasteiger partial charge in [0.05, 0.1) is 10.5 Å². The zero-order valence-corrected chi connectivity index (χ0v) is 11.3. The summed E-state index contributed by atoms with van der Waals surface area (Å²) in [5.41, 5.74) is 1.54. The van der Waals surface area contributed by atoms with Gasteiger partial charge in [0, 0.05) is 18.3 Å². The van der Waals surface area contributed by atoms with Gasteiger partial charge in [0.25, 0.3) is 0 Å². The predicted octanol–water partition coefficient (Wildman–Crippen LogP) is 1.91. The number of aryl methyl sites for hydroxylation is 1. The van der Waals surface area contributed by atoms with E-state index in [1.165, 1.54) is 0 Å². The van der Waals surface area contributed by atoms with Crippen LogP contribution in [0.4, 0.5) is 0 Å². The van der Waals surface area contributed by atoms with Crippen LogP contribution in [0.2, 0.25) is 4.34 Å². The maximum absolute atomic E-state index is 11.9. The first-order chi connectivity index (χ1) is 7.99. The Morgan fingerprint density at radius 2 is 2.35 bits per heavy atom. The number of aromatic nitrogens is 2. The third-order valence-electron chi connectivity index (χ3n) is 2.12. The maximum atomic E-state index is 11.9. The highest BCUT2D eigenvalue weighted by molar-refractivity contribution is 7.91. The van der Waals surface area contributed by atoms with E-state index in [0.29, 0.717) is 4.34 Å². The molecular weight excluding hydrogens is 282 g/mol. The highest BCUT2D eigenvalue weighted by atomic mass is 35.5. The number of hydrogen-bond acceptors (Lipinski definition) is 4. The summed E-state index contributed by atoms with van der Waals surface area (Å²) in [6.07, 6.45) is 3.20. The molecule has 0 bridgehead atoms. The molecule has 2 aromatic rings. The van der Waals surface area contributed by atoms with Crippen molar-refractivity contribution in [1.82, 2.24) is 14.9 Å². The van der Waals surface area contributed by atoms with Gasteiger partial charge in [-0.05, 0) is 18.6 Å². The molecule has 0 amide bonds. The van der Waals surface area contributed by atoms with E-state index in [2.05, 4.69) is 14.9 Å². The number of rotatable bonds is 4. The van der Waals surface area contributed by atoms with Gasteiger partial charge in [-0.1, -0.05) is 11.6 Å². The summed E-state index contributed by atoms with van der Waals surface area (Å²) in [5.74, 6) is 0. The third kappa shape index (κ3) is 2.86. The van der Waals surface area contributed by atoms with Crippen molar-refractivity contribution in [2.75, 3.05) is 0 Å². The monoisotopic (exact) mass is 291 g/mol. The second kappa shape index (κ2) is 4.77. The summed E-state index contributed by atoms with van der Waals surface area (Å²) in [5, 5.41) is 6.35. The molecule has 17 heavy (non-hydrogen) atoms. The fraction of sp³-hybridized carbons (Fsp3) is 0.222. The number of thiophene rings is 1. The summed E-state index contributed by atoms with van der Waals surface area (Å²) in [4.78, 5) is 0. The molecule has 2 aromatic heterocycles.